The van der Waals surface area contributed by atoms with Crippen LogP contribution < -0.4 is 0 Å². The van der Waals surface area contributed by atoms with E-state index in [0.717, 1.165) is 0 Å². The van der Waals surface area contributed by atoms with Crippen LogP contribution in [0.1, 0.15) is 0 Å². The maximum atomic E-state index is 0. The topological polar surface area (TPSA) is 0 Å². The van der Waals surface area contributed by atoms with Gasteiger partial charge < -0.3 is 0 Å². The van der Waals surface area contributed by atoms with Gasteiger partial charge in [-0.05, 0) is 0 Å². The van der Waals surface area contributed by atoms with E-state index in [1.165, 1.54) is 0 Å². The van der Waals surface area contributed by atoms with Gasteiger partial charge in [0.2, 0.25) is 0 Å². The molecule has 0 N–H and O–H groups in total. The molecule has 0 aliphatic rings. The van der Waals surface area contributed by atoms with Gasteiger partial charge in [-0.1, -0.05) is 0 Å². The molecule has 0 nitrogen and oxygen atoms in total. The largest absolute Gasteiger partial charge is 4.00 e. The molecule has 51 valence electrons. The van der Waals surface area contributed by atoms with E-state index in [1.54, 1.807) is 0 Å². The molecule has 0 aliphatic heterocycles. The summed E-state index contributed by atoms with van der Waals surface area (Å²) in [5.74, 6) is 0. The number of hydrogen-bond acceptors (Lipinski definition) is 0. The zero-order valence-corrected chi connectivity index (χ0v) is 13.7. The fourth-order valence-corrected chi connectivity index (χ4v) is 0. The first-order valence-electron chi connectivity index (χ1n) is 0. The van der Waals surface area contributed by atoms with Crippen LogP contribution in [0, 0.1) is 0 Å². The Morgan fingerprint density at radius 1 is 0.875 bits per heavy atom. The first-order chi connectivity index (χ1) is 0. The van der Waals surface area contributed by atoms with Crippen molar-refractivity contribution in [3.63, 3.8) is 0 Å². The molecule has 0 spiro atoms. The predicted octanol–water partition coefficient (Wildman–Crippen LogP) is -0.0200. The van der Waals surface area contributed by atoms with E-state index in [-0.39, 0.29) is 148 Å². The molecule has 0 bridgehead atoms. The van der Waals surface area contributed by atoms with Crippen LogP contribution in [0.2, 0.25) is 0 Å². The molecule has 0 unspecified atom stereocenters. The molecule has 0 fully saturated rings. The summed E-state index contributed by atoms with van der Waals surface area (Å²) in [5, 5.41) is 0. The summed E-state index contributed by atoms with van der Waals surface area (Å²) in [4.78, 5) is 0. The Morgan fingerprint density at radius 2 is 0.875 bits per heavy atom. The Morgan fingerprint density at radius 3 is 0.875 bits per heavy atom. The minimum Gasteiger partial charge on any atom is 0 e. The van der Waals surface area contributed by atoms with Crippen LogP contribution in [0.15, 0.2) is 0 Å². The molecule has 0 atom stereocenters. The Balaban J connectivity index is 0. The first kappa shape index (κ1) is 79.8. The number of hydrogen-bond donors (Lipinski definition) is 0. The summed E-state index contributed by atoms with van der Waals surface area (Å²) in [5.41, 5.74) is 0. The zero-order chi connectivity index (χ0) is 0. The normalized spacial score (nSPS) is 0. The van der Waals surface area contributed by atoms with Crippen molar-refractivity contribution in [3.05, 3.63) is 0 Å². The van der Waals surface area contributed by atoms with Gasteiger partial charge in [-0.25, -0.2) is 0 Å². The molecule has 0 aliphatic carbocycles. The summed E-state index contributed by atoms with van der Waals surface area (Å²) in [6, 6.07) is 0. The molecule has 0 amide bonds. The first-order valence-corrected chi connectivity index (χ1v) is 0. The fourth-order valence-electron chi connectivity index (χ4n) is 0. The van der Waals surface area contributed by atoms with Gasteiger partial charge in [0.15, 0.2) is 0 Å². The minimum absolute atomic E-state index is 0. The molecule has 0 aromatic carbocycles. The van der Waals surface area contributed by atoms with Crippen molar-refractivity contribution >= 4 is 0 Å². The van der Waals surface area contributed by atoms with Crippen molar-refractivity contribution in [3.8, 4) is 0 Å². The maximum absolute atomic E-state index is 0. The summed E-state index contributed by atoms with van der Waals surface area (Å²) in [6.07, 6.45) is 0. The van der Waals surface area contributed by atoms with Crippen LogP contribution in [0.4, 0.5) is 0 Å². The summed E-state index contributed by atoms with van der Waals surface area (Å²) in [6.45, 7) is 0. The quantitative estimate of drug-likeness (QED) is 0.331. The van der Waals surface area contributed by atoms with Crippen LogP contribution in [0.5, 0.6) is 0 Å². The smallest absolute Gasteiger partial charge is 0 e. The second kappa shape index (κ2) is 61.4. The molecule has 0 heterocycles. The van der Waals surface area contributed by atoms with E-state index >= 15 is 0 Å². The van der Waals surface area contributed by atoms with Gasteiger partial charge >= 0.3 is 96.3 Å². The van der Waals surface area contributed by atoms with Crippen molar-refractivity contribution < 1.29 is 148 Å². The van der Waals surface area contributed by atoms with Crippen LogP contribution >= 0.6 is 0 Å². The Bertz CT molecular complexity index is 18.0. The van der Waals surface area contributed by atoms with Crippen LogP contribution in [-0.4, -0.2) is 0 Å². The van der Waals surface area contributed by atoms with Crippen molar-refractivity contribution in [2.45, 2.75) is 0 Å². The van der Waals surface area contributed by atoms with E-state index < -0.39 is 0 Å². The molecule has 8 heavy (non-hydrogen) atoms. The van der Waals surface area contributed by atoms with E-state index in [0.29, 0.717) is 0 Å². The summed E-state index contributed by atoms with van der Waals surface area (Å²) < 4.78 is 0. The molecule has 0 aromatic rings. The van der Waals surface area contributed by atoms with Gasteiger partial charge in [-0.3, -0.25) is 0 Å². The predicted molar refractivity (Wildman–Crippen MR) is 0 cm³/mol. The average molecular weight is 630 g/mol. The fraction of sp³-hybridized carbons (Fsp3) is 0. The third-order valence-corrected chi connectivity index (χ3v) is 0. The van der Waals surface area contributed by atoms with Crippen molar-refractivity contribution in [2.24, 2.45) is 0 Å². The molecule has 0 rings (SSSR count). The van der Waals surface area contributed by atoms with E-state index in [2.05, 4.69) is 0 Å². The monoisotopic (exact) mass is 629 g/mol. The summed E-state index contributed by atoms with van der Waals surface area (Å²) >= 11 is 0. The minimum atomic E-state index is 0. The molecular weight excluding hydrogens is 630 g/mol. The van der Waals surface area contributed by atoms with Gasteiger partial charge in [-0.2, -0.15) is 0 Å². The Kier molecular flexibility index (Phi) is 612. The zero-order valence-electron chi connectivity index (χ0n) is 2.88. The van der Waals surface area contributed by atoms with Gasteiger partial charge in [0.05, 0.1) is 0 Å². The third-order valence-electron chi connectivity index (χ3n) is 0. The van der Waals surface area contributed by atoms with Gasteiger partial charge in [-0.15, -0.1) is 0 Å². The van der Waals surface area contributed by atoms with E-state index in [9.17, 15) is 0 Å². The second-order valence-electron chi connectivity index (χ2n) is 0. The average Bonchev–Trinajstić information content (AvgIpc) is 0. The molecule has 3 radical (unpaired) electrons. The molecule has 0 saturated heterocycles. The van der Waals surface area contributed by atoms with Gasteiger partial charge in [0, 0.05) is 51.5 Å². The standard InChI is InChI=1S/Ag.Au.2Cr.2Fe.2Mn/q+1;+3;;+4;+2;+3;;. The number of rotatable bonds is 0. The van der Waals surface area contributed by atoms with Gasteiger partial charge in [0.1, 0.15) is 0 Å². The SMILES string of the molecule is [Ag+].[Au+3].[Cr+4].[Cr].[Fe+2].[Fe+3].[Mn].[Mn]. The molecule has 8 heteroatoms. The molecule has 0 aromatic heterocycles. The summed E-state index contributed by atoms with van der Waals surface area (Å²) in [7, 11) is 0. The van der Waals surface area contributed by atoms with E-state index in [1.807, 2.05) is 0 Å². The second-order valence-corrected chi connectivity index (χ2v) is 0. The van der Waals surface area contributed by atoms with E-state index in [4.69, 9.17) is 0 Å². The van der Waals surface area contributed by atoms with Crippen molar-refractivity contribution in [1.82, 2.24) is 0 Å². The van der Waals surface area contributed by atoms with Gasteiger partial charge in [0.25, 0.3) is 0 Å². The third kappa shape index (κ3) is 46.0. The maximum Gasteiger partial charge on any atom is 4.00 e. The van der Waals surface area contributed by atoms with Crippen LogP contribution in [-0.2, 0) is 148 Å². The van der Waals surface area contributed by atoms with Crippen LogP contribution in [0.3, 0.4) is 0 Å². The van der Waals surface area contributed by atoms with Crippen molar-refractivity contribution in [2.75, 3.05) is 0 Å². The Hall–Kier alpha value is 4.62. The van der Waals surface area contributed by atoms with Crippen LogP contribution in [0.25, 0.3) is 0 Å². The van der Waals surface area contributed by atoms with Crippen molar-refractivity contribution in [1.29, 1.82) is 0 Å². The molecular formula is AgAuCr2Fe2Mn2+13. The Labute approximate surface area is 145 Å². The molecule has 0 saturated carbocycles.